The molecule has 0 unspecified atom stereocenters. The number of hydrogen-bond donors (Lipinski definition) is 1. The van der Waals surface area contributed by atoms with Crippen LogP contribution >= 0.6 is 0 Å². The molecule has 2 aromatic rings. The molecule has 2 N–H and O–H groups in total. The Bertz CT molecular complexity index is 587. The molecule has 0 saturated heterocycles. The predicted molar refractivity (Wildman–Crippen MR) is 75.9 cm³/mol. The Morgan fingerprint density at radius 3 is 2.85 bits per heavy atom. The predicted octanol–water partition coefficient (Wildman–Crippen LogP) is 2.81. The summed E-state index contributed by atoms with van der Waals surface area (Å²) in [5.74, 6) is 1.20. The maximum absolute atomic E-state index is 6.43. The van der Waals surface area contributed by atoms with Crippen LogP contribution in [0.5, 0.6) is 0 Å². The molecular weight excluding hydrogens is 252 g/mol. The van der Waals surface area contributed by atoms with E-state index in [0.29, 0.717) is 11.7 Å². The molecule has 0 aromatic carbocycles. The Balaban J connectivity index is 1.94. The first-order valence-electron chi connectivity index (χ1n) is 7.29. The lowest BCUT2D eigenvalue weighted by Crippen LogP contribution is -2.38. The van der Waals surface area contributed by atoms with Gasteiger partial charge in [-0.25, -0.2) is 0 Å². The number of aromatic nitrogens is 3. The van der Waals surface area contributed by atoms with Gasteiger partial charge in [-0.05, 0) is 30.9 Å². The topological polar surface area (TPSA) is 77.8 Å². The van der Waals surface area contributed by atoms with Crippen molar-refractivity contribution >= 4 is 0 Å². The summed E-state index contributed by atoms with van der Waals surface area (Å²) in [6, 6.07) is 1.93. The highest BCUT2D eigenvalue weighted by molar-refractivity contribution is 5.58. The third-order valence-corrected chi connectivity index (χ3v) is 4.12. The Kier molecular flexibility index (Phi) is 3.53. The molecule has 3 rings (SSSR count). The first-order chi connectivity index (χ1) is 9.73. The average molecular weight is 272 g/mol. The molecule has 5 nitrogen and oxygen atoms in total. The summed E-state index contributed by atoms with van der Waals surface area (Å²) in [6.07, 6.45) is 9.84. The summed E-state index contributed by atoms with van der Waals surface area (Å²) >= 11 is 0. The largest absolute Gasteiger partial charge is 0.337 e. The van der Waals surface area contributed by atoms with Gasteiger partial charge in [0, 0.05) is 18.0 Å². The monoisotopic (exact) mass is 272 g/mol. The van der Waals surface area contributed by atoms with Crippen molar-refractivity contribution < 1.29 is 4.52 Å². The molecular formula is C15H20N4O. The maximum atomic E-state index is 6.43. The van der Waals surface area contributed by atoms with Gasteiger partial charge in [-0.2, -0.15) is 4.98 Å². The van der Waals surface area contributed by atoms with Crippen LogP contribution < -0.4 is 5.73 Å². The molecule has 2 heterocycles. The molecule has 0 bridgehead atoms. The molecule has 1 aliphatic rings. The van der Waals surface area contributed by atoms with E-state index in [9.17, 15) is 0 Å². The van der Waals surface area contributed by atoms with Gasteiger partial charge in [0.2, 0.25) is 11.7 Å². The van der Waals surface area contributed by atoms with E-state index in [-0.39, 0.29) is 0 Å². The van der Waals surface area contributed by atoms with Crippen molar-refractivity contribution in [1.29, 1.82) is 0 Å². The summed E-state index contributed by atoms with van der Waals surface area (Å²) in [5.41, 5.74) is 8.10. The van der Waals surface area contributed by atoms with Gasteiger partial charge in [0.15, 0.2) is 0 Å². The molecule has 0 aliphatic heterocycles. The van der Waals surface area contributed by atoms with Crippen LogP contribution in [0.3, 0.4) is 0 Å². The van der Waals surface area contributed by atoms with E-state index < -0.39 is 5.54 Å². The third kappa shape index (κ3) is 2.33. The summed E-state index contributed by atoms with van der Waals surface area (Å²) < 4.78 is 5.45. The zero-order chi connectivity index (χ0) is 14.0. The van der Waals surface area contributed by atoms with Gasteiger partial charge in [0.1, 0.15) is 0 Å². The Labute approximate surface area is 118 Å². The van der Waals surface area contributed by atoms with Crippen molar-refractivity contribution in [3.05, 3.63) is 29.9 Å². The summed E-state index contributed by atoms with van der Waals surface area (Å²) in [7, 11) is 0. The third-order valence-electron chi connectivity index (χ3n) is 4.12. The van der Waals surface area contributed by atoms with Crippen molar-refractivity contribution in [2.45, 2.75) is 51.0 Å². The Morgan fingerprint density at radius 1 is 1.30 bits per heavy atom. The molecule has 1 saturated carbocycles. The van der Waals surface area contributed by atoms with Crippen LogP contribution in [0.25, 0.3) is 11.4 Å². The van der Waals surface area contributed by atoms with Crippen molar-refractivity contribution in [1.82, 2.24) is 15.1 Å². The SMILES string of the molecule is CCc1cnccc1-c1noc(C2(N)CCCCC2)n1. The number of hydrogen-bond acceptors (Lipinski definition) is 5. The van der Waals surface area contributed by atoms with Gasteiger partial charge < -0.3 is 10.3 Å². The van der Waals surface area contributed by atoms with Gasteiger partial charge in [-0.3, -0.25) is 4.98 Å². The lowest BCUT2D eigenvalue weighted by molar-refractivity contribution is 0.220. The molecule has 0 atom stereocenters. The molecule has 0 spiro atoms. The van der Waals surface area contributed by atoms with Crippen LogP contribution in [0.2, 0.25) is 0 Å². The number of aryl methyl sites for hydroxylation is 1. The smallest absolute Gasteiger partial charge is 0.247 e. The number of nitrogens with zero attached hydrogens (tertiary/aromatic N) is 3. The summed E-state index contributed by atoms with van der Waals surface area (Å²) in [6.45, 7) is 2.09. The van der Waals surface area contributed by atoms with E-state index in [2.05, 4.69) is 22.0 Å². The van der Waals surface area contributed by atoms with Crippen molar-refractivity contribution in [2.24, 2.45) is 5.73 Å². The highest BCUT2D eigenvalue weighted by atomic mass is 16.5. The maximum Gasteiger partial charge on any atom is 0.247 e. The highest BCUT2D eigenvalue weighted by Gasteiger charge is 2.35. The van der Waals surface area contributed by atoms with Gasteiger partial charge in [0.05, 0.1) is 5.54 Å². The van der Waals surface area contributed by atoms with Crippen molar-refractivity contribution in [2.75, 3.05) is 0 Å². The van der Waals surface area contributed by atoms with E-state index in [1.807, 2.05) is 12.3 Å². The molecule has 5 heteroatoms. The normalized spacial score (nSPS) is 18.1. The Morgan fingerprint density at radius 2 is 2.10 bits per heavy atom. The van der Waals surface area contributed by atoms with E-state index in [1.54, 1.807) is 6.20 Å². The molecule has 106 valence electrons. The van der Waals surface area contributed by atoms with Crippen molar-refractivity contribution in [3.63, 3.8) is 0 Å². The molecule has 20 heavy (non-hydrogen) atoms. The lowest BCUT2D eigenvalue weighted by Gasteiger charge is -2.29. The zero-order valence-corrected chi connectivity index (χ0v) is 11.8. The highest BCUT2D eigenvalue weighted by Crippen LogP contribution is 2.34. The van der Waals surface area contributed by atoms with Crippen LogP contribution in [0, 0.1) is 0 Å². The summed E-state index contributed by atoms with van der Waals surface area (Å²) in [4.78, 5) is 8.70. The molecule has 1 fully saturated rings. The number of rotatable bonds is 3. The van der Waals surface area contributed by atoms with E-state index in [4.69, 9.17) is 10.3 Å². The van der Waals surface area contributed by atoms with E-state index in [1.165, 1.54) is 6.42 Å². The minimum atomic E-state index is -0.442. The number of nitrogens with two attached hydrogens (primary N) is 1. The minimum absolute atomic E-state index is 0.442. The van der Waals surface area contributed by atoms with Crippen molar-refractivity contribution in [3.8, 4) is 11.4 Å². The molecule has 2 aromatic heterocycles. The minimum Gasteiger partial charge on any atom is -0.337 e. The molecule has 0 radical (unpaired) electrons. The number of pyridine rings is 1. The van der Waals surface area contributed by atoms with Crippen LogP contribution in [0.15, 0.2) is 23.0 Å². The van der Waals surface area contributed by atoms with Gasteiger partial charge in [-0.15, -0.1) is 0 Å². The van der Waals surface area contributed by atoms with E-state index in [0.717, 1.165) is 43.2 Å². The molecule has 1 aliphatic carbocycles. The van der Waals surface area contributed by atoms with Crippen LogP contribution in [0.1, 0.15) is 50.5 Å². The first-order valence-corrected chi connectivity index (χ1v) is 7.29. The fourth-order valence-electron chi connectivity index (χ4n) is 2.86. The standard InChI is InChI=1S/C15H20N4O/c1-2-11-10-17-9-6-12(11)13-18-14(20-19-13)15(16)7-4-3-5-8-15/h6,9-10H,2-5,7-8,16H2,1H3. The second kappa shape index (κ2) is 5.32. The second-order valence-electron chi connectivity index (χ2n) is 5.53. The van der Waals surface area contributed by atoms with E-state index >= 15 is 0 Å². The Hall–Kier alpha value is -1.75. The fraction of sp³-hybridized carbons (Fsp3) is 0.533. The van der Waals surface area contributed by atoms with Gasteiger partial charge >= 0.3 is 0 Å². The average Bonchev–Trinajstić information content (AvgIpc) is 2.98. The van der Waals surface area contributed by atoms with Crippen LogP contribution in [0.4, 0.5) is 0 Å². The second-order valence-corrected chi connectivity index (χ2v) is 5.53. The molecule has 0 amide bonds. The fourth-order valence-corrected chi connectivity index (χ4v) is 2.86. The van der Waals surface area contributed by atoms with Gasteiger partial charge in [0.25, 0.3) is 0 Å². The van der Waals surface area contributed by atoms with Gasteiger partial charge in [-0.1, -0.05) is 31.3 Å². The van der Waals surface area contributed by atoms with Crippen LogP contribution in [-0.4, -0.2) is 15.1 Å². The lowest BCUT2D eigenvalue weighted by atomic mass is 9.82. The van der Waals surface area contributed by atoms with Crippen LogP contribution in [-0.2, 0) is 12.0 Å². The zero-order valence-electron chi connectivity index (χ0n) is 11.8. The first kappa shape index (κ1) is 13.2. The summed E-state index contributed by atoms with van der Waals surface area (Å²) in [5, 5.41) is 4.12. The quantitative estimate of drug-likeness (QED) is 0.929.